The molecule has 4 fully saturated rings. The van der Waals surface area contributed by atoms with Gasteiger partial charge >= 0.3 is 11.9 Å². The second-order valence-corrected chi connectivity index (χ2v) is 19.5. The van der Waals surface area contributed by atoms with E-state index in [1.54, 1.807) is 13.2 Å². The minimum absolute atomic E-state index is 0.0476. The van der Waals surface area contributed by atoms with Crippen LogP contribution in [0.1, 0.15) is 116 Å². The van der Waals surface area contributed by atoms with Crippen molar-refractivity contribution < 1.29 is 38.5 Å². The number of rotatable bonds is 16. The lowest BCUT2D eigenvalue weighted by Crippen LogP contribution is -2.39. The highest BCUT2D eigenvalue weighted by Crippen LogP contribution is 2.57. The number of carbonyl (C=O) groups excluding carboxylic acids is 3. The van der Waals surface area contributed by atoms with Crippen molar-refractivity contribution in [2.75, 3.05) is 7.11 Å². The third kappa shape index (κ3) is 8.12. The zero-order chi connectivity index (χ0) is 41.0. The number of aliphatic carboxylic acids is 1. The summed E-state index contributed by atoms with van der Waals surface area (Å²) in [4.78, 5) is 55.5. The molecule has 0 saturated heterocycles. The molecule has 5 aliphatic carbocycles. The van der Waals surface area contributed by atoms with Crippen molar-refractivity contribution >= 4 is 39.9 Å². The van der Waals surface area contributed by atoms with Crippen LogP contribution >= 0.6 is 0 Å². The summed E-state index contributed by atoms with van der Waals surface area (Å²) in [6, 6.07) is 8.20. The van der Waals surface area contributed by atoms with Crippen LogP contribution in [0.4, 0.5) is 0 Å². The van der Waals surface area contributed by atoms with E-state index in [-0.39, 0.29) is 55.2 Å². The quantitative estimate of drug-likeness (QED) is 0.132. The van der Waals surface area contributed by atoms with Gasteiger partial charge in [0, 0.05) is 29.6 Å². The fraction of sp³-hybridized carbons (Fsp3) is 0.592. The summed E-state index contributed by atoms with van der Waals surface area (Å²) in [6.07, 6.45) is 12.6. The van der Waals surface area contributed by atoms with Crippen LogP contribution in [0, 0.1) is 59.2 Å². The molecule has 8 heteroatoms. The second-order valence-electron chi connectivity index (χ2n) is 19.5. The van der Waals surface area contributed by atoms with Crippen molar-refractivity contribution in [1.29, 1.82) is 0 Å². The van der Waals surface area contributed by atoms with E-state index in [0.29, 0.717) is 29.9 Å². The zero-order valence-corrected chi connectivity index (χ0v) is 35.0. The Labute approximate surface area is 338 Å². The molecule has 0 radical (unpaired) electrons. The van der Waals surface area contributed by atoms with E-state index in [9.17, 15) is 24.3 Å². The number of hydrogen-bond donors (Lipinski definition) is 1. The van der Waals surface area contributed by atoms with Crippen LogP contribution in [-0.2, 0) is 23.9 Å². The van der Waals surface area contributed by atoms with E-state index >= 15 is 0 Å². The van der Waals surface area contributed by atoms with Gasteiger partial charge in [-0.1, -0.05) is 58.4 Å². The van der Waals surface area contributed by atoms with Crippen LogP contribution in [0.2, 0.25) is 0 Å². The minimum Gasteiger partial charge on any atom is -0.496 e. The molecule has 0 aromatic heterocycles. The first-order chi connectivity index (χ1) is 27.0. The summed E-state index contributed by atoms with van der Waals surface area (Å²) in [6.45, 7) is 16.2. The fourth-order valence-corrected chi connectivity index (χ4v) is 10.8. The topological polar surface area (TPSA) is 116 Å². The molecular weight excluding hydrogens is 717 g/mol. The Morgan fingerprint density at radius 2 is 1.67 bits per heavy atom. The first-order valence-corrected chi connectivity index (χ1v) is 21.3. The van der Waals surface area contributed by atoms with Crippen LogP contribution in [0.15, 0.2) is 54.6 Å². The van der Waals surface area contributed by atoms with E-state index in [0.717, 1.165) is 71.7 Å². The molecular formula is C49H62O8. The van der Waals surface area contributed by atoms with E-state index in [1.165, 1.54) is 5.57 Å². The molecule has 2 bridgehead atoms. The number of Topliss-reactive ketones (excluding diaryl/α,β-unsaturated/α-hetero) is 2. The van der Waals surface area contributed by atoms with Gasteiger partial charge in [0.05, 0.1) is 18.9 Å². The molecule has 4 saturated carbocycles. The van der Waals surface area contributed by atoms with Gasteiger partial charge in [-0.05, 0) is 140 Å². The maximum absolute atomic E-state index is 14.9. The zero-order valence-electron chi connectivity index (χ0n) is 35.0. The summed E-state index contributed by atoms with van der Waals surface area (Å²) >= 11 is 0. The van der Waals surface area contributed by atoms with Crippen molar-refractivity contribution in [2.24, 2.45) is 52.3 Å². The van der Waals surface area contributed by atoms with E-state index in [2.05, 4.69) is 44.7 Å². The smallest absolute Gasteiger partial charge is 0.310 e. The van der Waals surface area contributed by atoms with Crippen molar-refractivity contribution in [3.8, 4) is 11.5 Å². The lowest BCUT2D eigenvalue weighted by atomic mass is 9.70. The summed E-state index contributed by atoms with van der Waals surface area (Å²) in [5, 5.41) is 12.2. The number of methoxy groups -OCH3 is 1. The van der Waals surface area contributed by atoms with Crippen LogP contribution in [0.5, 0.6) is 11.5 Å². The Balaban J connectivity index is 1.20. The Hall–Kier alpha value is -4.20. The molecule has 6 unspecified atom stereocenters. The molecule has 7 rings (SSSR count). The van der Waals surface area contributed by atoms with E-state index < -0.39 is 40.7 Å². The van der Waals surface area contributed by atoms with Gasteiger partial charge in [-0.3, -0.25) is 19.2 Å². The number of carboxylic acid groups (broad SMARTS) is 1. The van der Waals surface area contributed by atoms with Gasteiger partial charge in [0.25, 0.3) is 0 Å². The monoisotopic (exact) mass is 778 g/mol. The van der Waals surface area contributed by atoms with Gasteiger partial charge < -0.3 is 19.3 Å². The molecule has 2 aromatic carbocycles. The maximum atomic E-state index is 14.9. The van der Waals surface area contributed by atoms with Gasteiger partial charge in [-0.15, -0.1) is 6.58 Å². The molecule has 0 heterocycles. The fourth-order valence-electron chi connectivity index (χ4n) is 10.8. The molecule has 1 N–H and O–H groups in total. The summed E-state index contributed by atoms with van der Waals surface area (Å²) in [5.41, 5.74) is 2.77. The van der Waals surface area contributed by atoms with Crippen LogP contribution in [-0.4, -0.2) is 47.9 Å². The van der Waals surface area contributed by atoms with Gasteiger partial charge in [0.2, 0.25) is 0 Å². The summed E-state index contributed by atoms with van der Waals surface area (Å²) in [5.74, 6) is -1.37. The predicted molar refractivity (Wildman–Crippen MR) is 222 cm³/mol. The molecule has 2 aromatic rings. The van der Waals surface area contributed by atoms with Crippen LogP contribution < -0.4 is 9.47 Å². The van der Waals surface area contributed by atoms with Gasteiger partial charge in [-0.2, -0.15) is 0 Å². The molecule has 57 heavy (non-hydrogen) atoms. The number of fused-ring (bicyclic) bond motifs is 3. The molecule has 0 aliphatic heterocycles. The van der Waals surface area contributed by atoms with E-state index in [1.807, 2.05) is 39.8 Å². The Bertz CT molecular complexity index is 1990. The molecule has 6 atom stereocenters. The van der Waals surface area contributed by atoms with Crippen molar-refractivity contribution in [1.82, 2.24) is 0 Å². The van der Waals surface area contributed by atoms with Gasteiger partial charge in [0.15, 0.2) is 0 Å². The SMILES string of the molecule is C=CC1CC1(CC(=O)C1CC(Oc2cc(C3=CCC(CC(C)C)=C3)cc3c(C)c(OC)ccc23)CC1C(=O)C(CC(=O)OC1C2CCC1CC2)C(C)(C)C)C(=O)O. The van der Waals surface area contributed by atoms with Gasteiger partial charge in [-0.25, -0.2) is 0 Å². The Kier molecular flexibility index (Phi) is 11.4. The first kappa shape index (κ1) is 41.0. The average Bonchev–Trinajstić information content (AvgIpc) is 3.61. The minimum atomic E-state index is -1.20. The average molecular weight is 779 g/mol. The molecule has 8 nitrogen and oxygen atoms in total. The van der Waals surface area contributed by atoms with Crippen molar-refractivity contribution in [3.63, 3.8) is 0 Å². The van der Waals surface area contributed by atoms with Gasteiger partial charge in [0.1, 0.15) is 35.3 Å². The lowest BCUT2D eigenvalue weighted by molar-refractivity contribution is -0.156. The highest BCUT2D eigenvalue weighted by atomic mass is 16.5. The number of benzene rings is 2. The number of ketones is 2. The molecule has 306 valence electrons. The number of ether oxygens (including phenoxy) is 3. The molecule has 0 spiro atoms. The van der Waals surface area contributed by atoms with Crippen molar-refractivity contribution in [2.45, 2.75) is 124 Å². The number of hydrogen-bond acceptors (Lipinski definition) is 7. The summed E-state index contributed by atoms with van der Waals surface area (Å²) < 4.78 is 18.8. The lowest BCUT2D eigenvalue weighted by Gasteiger charge is -2.33. The highest BCUT2D eigenvalue weighted by molar-refractivity contribution is 5.98. The maximum Gasteiger partial charge on any atom is 0.310 e. The third-order valence-corrected chi connectivity index (χ3v) is 14.2. The third-order valence-electron chi connectivity index (χ3n) is 14.2. The number of carbonyl (C=O) groups is 4. The number of allylic oxidation sites excluding steroid dienone is 5. The van der Waals surface area contributed by atoms with Crippen molar-refractivity contribution in [3.05, 3.63) is 65.8 Å². The first-order valence-electron chi connectivity index (χ1n) is 21.3. The largest absolute Gasteiger partial charge is 0.496 e. The normalized spacial score (nSPS) is 29.6. The Morgan fingerprint density at radius 1 is 0.982 bits per heavy atom. The number of esters is 1. The number of aryl methyl sites for hydroxylation is 1. The van der Waals surface area contributed by atoms with Crippen LogP contribution in [0.25, 0.3) is 16.3 Å². The van der Waals surface area contributed by atoms with Crippen LogP contribution in [0.3, 0.4) is 0 Å². The van der Waals surface area contributed by atoms with E-state index in [4.69, 9.17) is 14.2 Å². The standard InChI is InChI=1S/C49H62O8/c1-9-34-25-49(34,47(53)54)26-41(50)38-22-35(23-39(38)45(52)40(48(5,6)7)24-44(51)57-46-30-12-13-31(46)15-14-30)56-43-21-33(32-11-10-29(19-32)18-27(2)3)20-37-28(4)42(55-8)17-16-36(37)43/h9,11,16-17,19-21,27,30-31,34-35,38-40,46H,1,10,12-15,18,22-26H2,2-8H3,(H,53,54). The highest BCUT2D eigenvalue weighted by Gasteiger charge is 2.61. The Morgan fingerprint density at radius 3 is 2.26 bits per heavy atom. The predicted octanol–water partition coefficient (Wildman–Crippen LogP) is 10.3. The molecule has 5 aliphatic rings. The second kappa shape index (κ2) is 15.9. The summed E-state index contributed by atoms with van der Waals surface area (Å²) in [7, 11) is 1.67. The number of carboxylic acids is 1. The molecule has 0 amide bonds.